The molecule has 4 nitrogen and oxygen atoms in total. The number of pyridine rings is 1. The van der Waals surface area contributed by atoms with Crippen LogP contribution in [0.3, 0.4) is 0 Å². The predicted octanol–water partition coefficient (Wildman–Crippen LogP) is 4.23. The second-order valence-electron chi connectivity index (χ2n) is 4.83. The number of halogens is 2. The van der Waals surface area contributed by atoms with Crippen LogP contribution in [0.1, 0.15) is 29.0 Å². The quantitative estimate of drug-likeness (QED) is 0.783. The number of amides is 1. The summed E-state index contributed by atoms with van der Waals surface area (Å²) in [6, 6.07) is 10.5. The van der Waals surface area contributed by atoms with E-state index < -0.39 is 0 Å². The van der Waals surface area contributed by atoms with Crippen molar-refractivity contribution in [3.8, 4) is 5.75 Å². The molecule has 0 radical (unpaired) electrons. The maximum atomic E-state index is 12.6. The Morgan fingerprint density at radius 1 is 1.18 bits per heavy atom. The molecule has 0 saturated carbocycles. The van der Waals surface area contributed by atoms with Crippen molar-refractivity contribution in [2.24, 2.45) is 0 Å². The lowest BCUT2D eigenvalue weighted by Gasteiger charge is -2.25. The molecule has 0 saturated heterocycles. The van der Waals surface area contributed by atoms with Crippen LogP contribution in [0.4, 0.5) is 0 Å². The molecule has 1 amide bonds. The Bertz CT molecular complexity index is 674. The highest BCUT2D eigenvalue weighted by Gasteiger charge is 2.22. The van der Waals surface area contributed by atoms with Gasteiger partial charge in [-0.1, -0.05) is 35.3 Å². The van der Waals surface area contributed by atoms with E-state index in [4.69, 9.17) is 27.9 Å². The zero-order valence-corrected chi connectivity index (χ0v) is 14.0. The van der Waals surface area contributed by atoms with E-state index in [1.807, 2.05) is 31.2 Å². The normalized spacial score (nSPS) is 11.9. The summed E-state index contributed by atoms with van der Waals surface area (Å²) in [5, 5.41) is 0.515. The van der Waals surface area contributed by atoms with Gasteiger partial charge in [0.15, 0.2) is 0 Å². The van der Waals surface area contributed by atoms with Gasteiger partial charge in [0.25, 0.3) is 5.91 Å². The Kier molecular flexibility index (Phi) is 5.27. The standard InChI is InChI=1S/C16H16Cl2N2O2/c1-10(11-4-6-12(22-3)7-5-11)20(2)16(21)15-13(17)8-9-14(18)19-15/h4-10H,1-3H3. The van der Waals surface area contributed by atoms with Gasteiger partial charge in [0.1, 0.15) is 16.6 Å². The number of carbonyl (C=O) groups is 1. The molecule has 0 aliphatic rings. The lowest BCUT2D eigenvalue weighted by molar-refractivity contribution is 0.0737. The summed E-state index contributed by atoms with van der Waals surface area (Å²) in [6.45, 7) is 1.93. The molecule has 1 heterocycles. The van der Waals surface area contributed by atoms with Crippen molar-refractivity contribution in [1.29, 1.82) is 0 Å². The zero-order chi connectivity index (χ0) is 16.3. The topological polar surface area (TPSA) is 42.4 Å². The molecular formula is C16H16Cl2N2O2. The van der Waals surface area contributed by atoms with Crippen LogP contribution in [0, 0.1) is 0 Å². The van der Waals surface area contributed by atoms with E-state index in [0.717, 1.165) is 11.3 Å². The van der Waals surface area contributed by atoms with Gasteiger partial charge >= 0.3 is 0 Å². The van der Waals surface area contributed by atoms with Crippen LogP contribution >= 0.6 is 23.2 Å². The molecule has 116 valence electrons. The first-order valence-electron chi connectivity index (χ1n) is 6.67. The first-order chi connectivity index (χ1) is 10.4. The molecule has 22 heavy (non-hydrogen) atoms. The van der Waals surface area contributed by atoms with Gasteiger partial charge in [-0.15, -0.1) is 0 Å². The van der Waals surface area contributed by atoms with Crippen molar-refractivity contribution in [3.05, 3.63) is 57.8 Å². The predicted molar refractivity (Wildman–Crippen MR) is 87.8 cm³/mol. The molecule has 0 N–H and O–H groups in total. The fourth-order valence-corrected chi connectivity index (χ4v) is 2.35. The number of ether oxygens (including phenoxy) is 1. The molecule has 0 fully saturated rings. The number of aromatic nitrogens is 1. The van der Waals surface area contributed by atoms with Gasteiger partial charge < -0.3 is 9.64 Å². The van der Waals surface area contributed by atoms with Crippen molar-refractivity contribution < 1.29 is 9.53 Å². The zero-order valence-electron chi connectivity index (χ0n) is 12.5. The summed E-state index contributed by atoms with van der Waals surface area (Å²) >= 11 is 11.9. The van der Waals surface area contributed by atoms with E-state index in [-0.39, 0.29) is 27.8 Å². The molecule has 0 aliphatic heterocycles. The van der Waals surface area contributed by atoms with Crippen LogP contribution < -0.4 is 4.74 Å². The number of methoxy groups -OCH3 is 1. The van der Waals surface area contributed by atoms with Crippen LogP contribution in [0.25, 0.3) is 0 Å². The number of hydrogen-bond donors (Lipinski definition) is 0. The second-order valence-corrected chi connectivity index (χ2v) is 5.62. The maximum Gasteiger partial charge on any atom is 0.274 e. The average Bonchev–Trinajstić information content (AvgIpc) is 2.55. The third-order valence-electron chi connectivity index (χ3n) is 3.51. The number of nitrogens with zero attached hydrogens (tertiary/aromatic N) is 2. The highest BCUT2D eigenvalue weighted by Crippen LogP contribution is 2.25. The number of carbonyl (C=O) groups excluding carboxylic acids is 1. The van der Waals surface area contributed by atoms with Crippen molar-refractivity contribution in [2.45, 2.75) is 13.0 Å². The van der Waals surface area contributed by atoms with Gasteiger partial charge in [0, 0.05) is 7.05 Å². The van der Waals surface area contributed by atoms with Crippen LogP contribution in [-0.4, -0.2) is 29.9 Å². The van der Waals surface area contributed by atoms with E-state index >= 15 is 0 Å². The third-order valence-corrected chi connectivity index (χ3v) is 4.03. The van der Waals surface area contributed by atoms with Crippen molar-refractivity contribution in [3.63, 3.8) is 0 Å². The van der Waals surface area contributed by atoms with Crippen LogP contribution in [-0.2, 0) is 0 Å². The fraction of sp³-hybridized carbons (Fsp3) is 0.250. The lowest BCUT2D eigenvalue weighted by Crippen LogP contribution is -2.30. The summed E-state index contributed by atoms with van der Waals surface area (Å²) in [4.78, 5) is 18.1. The molecule has 2 aromatic rings. The summed E-state index contributed by atoms with van der Waals surface area (Å²) < 4.78 is 5.13. The Balaban J connectivity index is 2.23. The second kappa shape index (κ2) is 6.99. The first kappa shape index (κ1) is 16.6. The molecule has 1 aromatic heterocycles. The summed E-state index contributed by atoms with van der Waals surface area (Å²) in [5.74, 6) is 0.486. The van der Waals surface area contributed by atoms with Crippen LogP contribution in [0.5, 0.6) is 5.75 Å². The van der Waals surface area contributed by atoms with Crippen LogP contribution in [0.2, 0.25) is 10.2 Å². The lowest BCUT2D eigenvalue weighted by atomic mass is 10.1. The minimum Gasteiger partial charge on any atom is -0.497 e. The van der Waals surface area contributed by atoms with E-state index in [1.54, 1.807) is 31.2 Å². The average molecular weight is 339 g/mol. The molecule has 6 heteroatoms. The van der Waals surface area contributed by atoms with Gasteiger partial charge in [-0.2, -0.15) is 0 Å². The first-order valence-corrected chi connectivity index (χ1v) is 7.42. The van der Waals surface area contributed by atoms with E-state index in [1.165, 1.54) is 0 Å². The number of rotatable bonds is 4. The maximum absolute atomic E-state index is 12.6. The van der Waals surface area contributed by atoms with E-state index in [9.17, 15) is 4.79 Å². The van der Waals surface area contributed by atoms with Crippen molar-refractivity contribution >= 4 is 29.1 Å². The monoisotopic (exact) mass is 338 g/mol. The Hall–Kier alpha value is -1.78. The Morgan fingerprint density at radius 2 is 1.82 bits per heavy atom. The molecular weight excluding hydrogens is 323 g/mol. The summed E-state index contributed by atoms with van der Waals surface area (Å²) in [7, 11) is 3.32. The Labute approximate surface area is 139 Å². The van der Waals surface area contributed by atoms with E-state index in [0.29, 0.717) is 0 Å². The van der Waals surface area contributed by atoms with Crippen molar-refractivity contribution in [2.75, 3.05) is 14.2 Å². The Morgan fingerprint density at radius 3 is 2.41 bits per heavy atom. The molecule has 0 bridgehead atoms. The highest BCUT2D eigenvalue weighted by atomic mass is 35.5. The largest absolute Gasteiger partial charge is 0.497 e. The summed E-state index contributed by atoms with van der Waals surface area (Å²) in [6.07, 6.45) is 0. The van der Waals surface area contributed by atoms with Crippen molar-refractivity contribution in [1.82, 2.24) is 9.88 Å². The smallest absolute Gasteiger partial charge is 0.274 e. The summed E-state index contributed by atoms with van der Waals surface area (Å²) in [5.41, 5.74) is 1.13. The number of hydrogen-bond acceptors (Lipinski definition) is 3. The van der Waals surface area contributed by atoms with E-state index in [2.05, 4.69) is 4.98 Å². The van der Waals surface area contributed by atoms with Gasteiger partial charge in [0.2, 0.25) is 0 Å². The van der Waals surface area contributed by atoms with Gasteiger partial charge in [-0.25, -0.2) is 4.98 Å². The van der Waals surface area contributed by atoms with Gasteiger partial charge in [-0.05, 0) is 36.8 Å². The molecule has 1 aromatic carbocycles. The van der Waals surface area contributed by atoms with Crippen LogP contribution in [0.15, 0.2) is 36.4 Å². The SMILES string of the molecule is COc1ccc(C(C)N(C)C(=O)c2nc(Cl)ccc2Cl)cc1. The number of benzene rings is 1. The minimum atomic E-state index is -0.282. The van der Waals surface area contributed by atoms with Gasteiger partial charge in [-0.3, -0.25) is 4.79 Å². The molecule has 2 rings (SSSR count). The molecule has 1 unspecified atom stereocenters. The molecule has 0 spiro atoms. The van der Waals surface area contributed by atoms with Gasteiger partial charge in [0.05, 0.1) is 18.2 Å². The highest BCUT2D eigenvalue weighted by molar-refractivity contribution is 6.34. The fourth-order valence-electron chi connectivity index (χ4n) is 2.02. The third kappa shape index (κ3) is 3.51. The molecule has 1 atom stereocenters. The molecule has 0 aliphatic carbocycles. The minimum absolute atomic E-state index is 0.143.